The van der Waals surface area contributed by atoms with E-state index in [-0.39, 0.29) is 0 Å². The number of anilines is 1. The summed E-state index contributed by atoms with van der Waals surface area (Å²) in [6.45, 7) is 8.14. The quantitative estimate of drug-likeness (QED) is 0.794. The van der Waals surface area contributed by atoms with E-state index in [9.17, 15) is 0 Å². The fraction of sp³-hybridized carbons (Fsp3) is 0.400. The van der Waals surface area contributed by atoms with Crippen molar-refractivity contribution in [2.24, 2.45) is 5.41 Å². The number of rotatable bonds is 2. The topological polar surface area (TPSA) is 12.0 Å². The van der Waals surface area contributed by atoms with E-state index in [0.717, 1.165) is 13.0 Å². The smallest absolute Gasteiger partial charge is 0.0378 e. The highest BCUT2D eigenvalue weighted by Crippen LogP contribution is 2.43. The molecule has 1 aliphatic rings. The Kier molecular flexibility index (Phi) is 3.75. The predicted octanol–water partition coefficient (Wildman–Crippen LogP) is 5.22. The van der Waals surface area contributed by atoms with Crippen molar-refractivity contribution in [3.05, 3.63) is 65.2 Å². The lowest BCUT2D eigenvalue weighted by molar-refractivity contribution is 0.305. The minimum Gasteiger partial charge on any atom is -0.385 e. The number of benzene rings is 2. The van der Waals surface area contributed by atoms with E-state index in [2.05, 4.69) is 74.6 Å². The summed E-state index contributed by atoms with van der Waals surface area (Å²) in [6.07, 6.45) is 2.24. The van der Waals surface area contributed by atoms with Gasteiger partial charge in [0.25, 0.3) is 0 Å². The Morgan fingerprint density at radius 1 is 1.00 bits per heavy atom. The van der Waals surface area contributed by atoms with Gasteiger partial charge in [-0.3, -0.25) is 0 Å². The zero-order valence-electron chi connectivity index (χ0n) is 13.3. The van der Waals surface area contributed by atoms with Gasteiger partial charge in [0.1, 0.15) is 0 Å². The third kappa shape index (κ3) is 3.12. The molecule has 0 fully saturated rings. The minimum absolute atomic E-state index is 0.331. The van der Waals surface area contributed by atoms with Crippen molar-refractivity contribution in [2.75, 3.05) is 11.9 Å². The molecular weight excluding hydrogens is 254 g/mol. The maximum atomic E-state index is 3.59. The summed E-state index contributed by atoms with van der Waals surface area (Å²) in [7, 11) is 0. The van der Waals surface area contributed by atoms with Gasteiger partial charge in [0, 0.05) is 12.2 Å². The fourth-order valence-corrected chi connectivity index (χ4v) is 3.41. The Bertz CT molecular complexity index is 607. The summed E-state index contributed by atoms with van der Waals surface area (Å²) in [5, 5.41) is 3.59. The van der Waals surface area contributed by atoms with E-state index >= 15 is 0 Å². The Morgan fingerprint density at radius 3 is 2.48 bits per heavy atom. The van der Waals surface area contributed by atoms with Gasteiger partial charge >= 0.3 is 0 Å². The SMILES string of the molecule is CC(C)(C)C1CCNc2cc(Cc3ccccc3)ccc21. The van der Waals surface area contributed by atoms with E-state index in [0.29, 0.717) is 11.3 Å². The van der Waals surface area contributed by atoms with Crippen LogP contribution in [0.15, 0.2) is 48.5 Å². The van der Waals surface area contributed by atoms with E-state index < -0.39 is 0 Å². The highest BCUT2D eigenvalue weighted by atomic mass is 14.9. The Morgan fingerprint density at radius 2 is 1.76 bits per heavy atom. The summed E-state index contributed by atoms with van der Waals surface area (Å²) in [6, 6.07) is 17.7. The molecule has 0 saturated heterocycles. The first-order valence-corrected chi connectivity index (χ1v) is 7.94. The average molecular weight is 279 g/mol. The molecule has 110 valence electrons. The number of hydrogen-bond donors (Lipinski definition) is 1. The Balaban J connectivity index is 1.88. The molecule has 2 aromatic rings. The number of nitrogens with one attached hydrogen (secondary N) is 1. The molecule has 1 unspecified atom stereocenters. The van der Waals surface area contributed by atoms with Gasteiger partial charge in [0.05, 0.1) is 0 Å². The lowest BCUT2D eigenvalue weighted by Crippen LogP contribution is -2.26. The summed E-state index contributed by atoms with van der Waals surface area (Å²) in [5.41, 5.74) is 5.93. The third-order valence-corrected chi connectivity index (χ3v) is 4.54. The van der Waals surface area contributed by atoms with Crippen LogP contribution in [0.2, 0.25) is 0 Å². The molecule has 1 heteroatoms. The maximum Gasteiger partial charge on any atom is 0.0378 e. The van der Waals surface area contributed by atoms with Crippen LogP contribution >= 0.6 is 0 Å². The summed E-state index contributed by atoms with van der Waals surface area (Å²) < 4.78 is 0. The molecule has 0 aromatic heterocycles. The van der Waals surface area contributed by atoms with Crippen molar-refractivity contribution in [1.29, 1.82) is 0 Å². The zero-order chi connectivity index (χ0) is 14.9. The van der Waals surface area contributed by atoms with Crippen LogP contribution in [0.4, 0.5) is 5.69 Å². The molecule has 1 atom stereocenters. The first kappa shape index (κ1) is 14.2. The van der Waals surface area contributed by atoms with Gasteiger partial charge in [0.15, 0.2) is 0 Å². The molecule has 0 radical (unpaired) electrons. The molecule has 21 heavy (non-hydrogen) atoms. The average Bonchev–Trinajstić information content (AvgIpc) is 2.46. The minimum atomic E-state index is 0.331. The second-order valence-corrected chi connectivity index (χ2v) is 7.22. The van der Waals surface area contributed by atoms with Crippen molar-refractivity contribution in [1.82, 2.24) is 0 Å². The van der Waals surface area contributed by atoms with Gasteiger partial charge in [0.2, 0.25) is 0 Å². The van der Waals surface area contributed by atoms with Crippen LogP contribution in [0.5, 0.6) is 0 Å². The van der Waals surface area contributed by atoms with Crippen molar-refractivity contribution in [2.45, 2.75) is 39.5 Å². The monoisotopic (exact) mass is 279 g/mol. The molecule has 0 spiro atoms. The molecule has 1 aliphatic heterocycles. The van der Waals surface area contributed by atoms with Gasteiger partial charge in [-0.1, -0.05) is 63.2 Å². The van der Waals surface area contributed by atoms with Crippen molar-refractivity contribution < 1.29 is 0 Å². The van der Waals surface area contributed by atoms with Crippen LogP contribution in [-0.4, -0.2) is 6.54 Å². The first-order chi connectivity index (χ1) is 10.0. The Hall–Kier alpha value is -1.76. The first-order valence-electron chi connectivity index (χ1n) is 7.94. The predicted molar refractivity (Wildman–Crippen MR) is 91.0 cm³/mol. The standard InChI is InChI=1S/C20H25N/c1-20(2,3)18-11-12-21-19-14-16(9-10-17(18)19)13-15-7-5-4-6-8-15/h4-10,14,18,21H,11-13H2,1-3H3. The summed E-state index contributed by atoms with van der Waals surface area (Å²) >= 11 is 0. The van der Waals surface area contributed by atoms with E-state index in [1.165, 1.54) is 28.8 Å². The second kappa shape index (κ2) is 5.55. The molecular formula is C20H25N. The second-order valence-electron chi connectivity index (χ2n) is 7.22. The van der Waals surface area contributed by atoms with E-state index in [4.69, 9.17) is 0 Å². The van der Waals surface area contributed by atoms with Crippen molar-refractivity contribution in [3.8, 4) is 0 Å². The lowest BCUT2D eigenvalue weighted by Gasteiger charge is -2.36. The molecule has 1 N–H and O–H groups in total. The molecule has 2 aromatic carbocycles. The third-order valence-electron chi connectivity index (χ3n) is 4.54. The molecule has 0 amide bonds. The largest absolute Gasteiger partial charge is 0.385 e. The van der Waals surface area contributed by atoms with Gasteiger partial charge in [-0.25, -0.2) is 0 Å². The summed E-state index contributed by atoms with van der Waals surface area (Å²) in [4.78, 5) is 0. The van der Waals surface area contributed by atoms with Crippen LogP contribution in [0.3, 0.4) is 0 Å². The number of hydrogen-bond acceptors (Lipinski definition) is 1. The number of fused-ring (bicyclic) bond motifs is 1. The van der Waals surface area contributed by atoms with Crippen LogP contribution < -0.4 is 5.32 Å². The molecule has 0 aliphatic carbocycles. The lowest BCUT2D eigenvalue weighted by atomic mass is 9.72. The van der Waals surface area contributed by atoms with Gasteiger partial charge in [-0.15, -0.1) is 0 Å². The van der Waals surface area contributed by atoms with Crippen molar-refractivity contribution >= 4 is 5.69 Å². The van der Waals surface area contributed by atoms with Crippen LogP contribution in [-0.2, 0) is 6.42 Å². The maximum absolute atomic E-state index is 3.59. The highest BCUT2D eigenvalue weighted by molar-refractivity contribution is 5.57. The molecule has 1 nitrogen and oxygen atoms in total. The molecule has 0 bridgehead atoms. The Labute approximate surface area is 128 Å². The van der Waals surface area contributed by atoms with E-state index in [1.807, 2.05) is 0 Å². The highest BCUT2D eigenvalue weighted by Gasteiger charge is 2.30. The van der Waals surface area contributed by atoms with Gasteiger partial charge in [-0.05, 0) is 46.9 Å². The zero-order valence-corrected chi connectivity index (χ0v) is 13.3. The molecule has 1 heterocycles. The normalized spacial score (nSPS) is 18.0. The van der Waals surface area contributed by atoms with Crippen LogP contribution in [0.1, 0.15) is 49.8 Å². The van der Waals surface area contributed by atoms with Crippen LogP contribution in [0, 0.1) is 5.41 Å². The molecule has 0 saturated carbocycles. The van der Waals surface area contributed by atoms with Gasteiger partial charge < -0.3 is 5.32 Å². The van der Waals surface area contributed by atoms with Gasteiger partial charge in [-0.2, -0.15) is 0 Å². The van der Waals surface area contributed by atoms with E-state index in [1.54, 1.807) is 0 Å². The van der Waals surface area contributed by atoms with Crippen molar-refractivity contribution in [3.63, 3.8) is 0 Å². The summed E-state index contributed by atoms with van der Waals surface area (Å²) in [5.74, 6) is 0.652. The fourth-order valence-electron chi connectivity index (χ4n) is 3.41. The molecule has 3 rings (SSSR count). The van der Waals surface area contributed by atoms with Crippen LogP contribution in [0.25, 0.3) is 0 Å².